The van der Waals surface area contributed by atoms with Crippen molar-refractivity contribution in [3.05, 3.63) is 66.1 Å². The summed E-state index contributed by atoms with van der Waals surface area (Å²) in [5, 5.41) is 0.809. The van der Waals surface area contributed by atoms with E-state index >= 15 is 0 Å². The number of esters is 1. The second-order valence-corrected chi connectivity index (χ2v) is 4.39. The number of halogens is 1. The van der Waals surface area contributed by atoms with Crippen LogP contribution >= 0.6 is 0 Å². The maximum Gasteiger partial charge on any atom is 0.338 e. The molecular formula is C16H12FNO2. The first-order chi connectivity index (χ1) is 9.70. The average Bonchev–Trinajstić information content (AvgIpc) is 2.91. The van der Waals surface area contributed by atoms with Crippen molar-refractivity contribution in [2.24, 2.45) is 0 Å². The minimum absolute atomic E-state index is 0.277. The minimum Gasteiger partial charge on any atom is -0.465 e. The van der Waals surface area contributed by atoms with Gasteiger partial charge in [0, 0.05) is 17.3 Å². The fourth-order valence-corrected chi connectivity index (χ4v) is 2.28. The molecule has 1 heterocycles. The lowest BCUT2D eigenvalue weighted by molar-refractivity contribution is 0.0603. The minimum atomic E-state index is -0.368. The van der Waals surface area contributed by atoms with E-state index < -0.39 is 0 Å². The monoisotopic (exact) mass is 269 g/mol. The van der Waals surface area contributed by atoms with Gasteiger partial charge in [-0.15, -0.1) is 0 Å². The lowest BCUT2D eigenvalue weighted by Crippen LogP contribution is -2.01. The molecule has 0 spiro atoms. The molecule has 0 aliphatic rings. The predicted molar refractivity (Wildman–Crippen MR) is 74.6 cm³/mol. The van der Waals surface area contributed by atoms with Crippen LogP contribution in [0.1, 0.15) is 10.4 Å². The van der Waals surface area contributed by atoms with Gasteiger partial charge in [0.2, 0.25) is 0 Å². The Labute approximate surface area is 115 Å². The van der Waals surface area contributed by atoms with Gasteiger partial charge in [-0.3, -0.25) is 0 Å². The number of fused-ring (bicyclic) bond motifs is 1. The molecule has 0 saturated heterocycles. The first-order valence-electron chi connectivity index (χ1n) is 6.15. The summed E-state index contributed by atoms with van der Waals surface area (Å²) >= 11 is 0. The number of ether oxygens (including phenoxy) is 1. The Bertz CT molecular complexity index is 775. The fourth-order valence-electron chi connectivity index (χ4n) is 2.28. The van der Waals surface area contributed by atoms with E-state index in [0.29, 0.717) is 5.56 Å². The molecule has 0 N–H and O–H groups in total. The summed E-state index contributed by atoms with van der Waals surface area (Å²) in [6.45, 7) is 0. The van der Waals surface area contributed by atoms with Crippen LogP contribution in [0.25, 0.3) is 16.6 Å². The zero-order valence-corrected chi connectivity index (χ0v) is 10.8. The number of carbonyl (C=O) groups is 1. The molecule has 0 unspecified atom stereocenters. The van der Waals surface area contributed by atoms with E-state index in [9.17, 15) is 9.18 Å². The van der Waals surface area contributed by atoms with Gasteiger partial charge in [0.05, 0.1) is 18.2 Å². The molecule has 0 saturated carbocycles. The first kappa shape index (κ1) is 12.4. The van der Waals surface area contributed by atoms with Crippen molar-refractivity contribution in [3.8, 4) is 5.69 Å². The van der Waals surface area contributed by atoms with Crippen molar-refractivity contribution in [1.82, 2.24) is 4.57 Å². The van der Waals surface area contributed by atoms with Crippen LogP contribution in [-0.2, 0) is 4.74 Å². The molecule has 20 heavy (non-hydrogen) atoms. The van der Waals surface area contributed by atoms with Crippen LogP contribution in [0.4, 0.5) is 4.39 Å². The van der Waals surface area contributed by atoms with E-state index in [0.717, 1.165) is 16.6 Å². The van der Waals surface area contributed by atoms with E-state index in [1.54, 1.807) is 24.3 Å². The molecule has 3 nitrogen and oxygen atoms in total. The van der Waals surface area contributed by atoms with Crippen LogP contribution in [0, 0.1) is 5.82 Å². The highest BCUT2D eigenvalue weighted by Crippen LogP contribution is 2.24. The summed E-state index contributed by atoms with van der Waals surface area (Å²) in [6.07, 6.45) is 1.85. The number of methoxy groups -OCH3 is 1. The molecular weight excluding hydrogens is 257 g/mol. The van der Waals surface area contributed by atoms with Crippen molar-refractivity contribution in [1.29, 1.82) is 0 Å². The molecule has 0 aliphatic heterocycles. The van der Waals surface area contributed by atoms with Gasteiger partial charge < -0.3 is 9.30 Å². The Hall–Kier alpha value is -2.62. The molecule has 3 aromatic rings. The lowest BCUT2D eigenvalue weighted by Gasteiger charge is -2.06. The molecule has 2 aromatic carbocycles. The molecule has 4 heteroatoms. The Kier molecular flexibility index (Phi) is 2.99. The van der Waals surface area contributed by atoms with Gasteiger partial charge in [-0.1, -0.05) is 6.07 Å². The number of rotatable bonds is 2. The van der Waals surface area contributed by atoms with Crippen LogP contribution in [0.3, 0.4) is 0 Å². The van der Waals surface area contributed by atoms with Crippen molar-refractivity contribution in [3.63, 3.8) is 0 Å². The summed E-state index contributed by atoms with van der Waals surface area (Å²) < 4.78 is 19.7. The van der Waals surface area contributed by atoms with Crippen molar-refractivity contribution >= 4 is 16.9 Å². The third-order valence-electron chi connectivity index (χ3n) is 3.24. The highest BCUT2D eigenvalue weighted by Gasteiger charge is 2.12. The number of benzene rings is 2. The quantitative estimate of drug-likeness (QED) is 0.666. The normalized spacial score (nSPS) is 10.7. The molecule has 0 bridgehead atoms. The van der Waals surface area contributed by atoms with Crippen molar-refractivity contribution in [2.75, 3.05) is 7.11 Å². The number of hydrogen-bond acceptors (Lipinski definition) is 2. The van der Waals surface area contributed by atoms with Gasteiger partial charge in [-0.2, -0.15) is 0 Å². The summed E-state index contributed by atoms with van der Waals surface area (Å²) in [6, 6.07) is 13.5. The zero-order valence-electron chi connectivity index (χ0n) is 10.8. The second-order valence-electron chi connectivity index (χ2n) is 4.39. The van der Waals surface area contributed by atoms with Gasteiger partial charge in [-0.25, -0.2) is 9.18 Å². The summed E-state index contributed by atoms with van der Waals surface area (Å²) in [7, 11) is 1.36. The topological polar surface area (TPSA) is 31.2 Å². The zero-order chi connectivity index (χ0) is 14.1. The molecule has 3 rings (SSSR count). The highest BCUT2D eigenvalue weighted by atomic mass is 19.1. The molecule has 0 radical (unpaired) electrons. The number of carbonyl (C=O) groups excluding carboxylic acids is 1. The average molecular weight is 269 g/mol. The van der Waals surface area contributed by atoms with Crippen LogP contribution in [0.15, 0.2) is 54.7 Å². The molecule has 0 amide bonds. The van der Waals surface area contributed by atoms with Gasteiger partial charge in [0.1, 0.15) is 5.82 Å². The van der Waals surface area contributed by atoms with Crippen molar-refractivity contribution in [2.45, 2.75) is 0 Å². The number of nitrogens with zero attached hydrogens (tertiary/aromatic N) is 1. The Balaban J connectivity index is 2.19. The Morgan fingerprint density at radius 1 is 1.10 bits per heavy atom. The third kappa shape index (κ3) is 1.95. The summed E-state index contributed by atoms with van der Waals surface area (Å²) in [5.41, 5.74) is 2.23. The van der Waals surface area contributed by atoms with E-state index in [4.69, 9.17) is 4.74 Å². The van der Waals surface area contributed by atoms with E-state index in [-0.39, 0.29) is 11.8 Å². The van der Waals surface area contributed by atoms with E-state index in [1.165, 1.54) is 19.2 Å². The number of aromatic nitrogens is 1. The second kappa shape index (κ2) is 4.81. The standard InChI is InChI=1S/C16H12FNO2/c1-20-16(19)14-3-2-4-15-13(14)9-10-18(15)12-7-5-11(17)6-8-12/h2-10H,1H3. The fraction of sp³-hybridized carbons (Fsp3) is 0.0625. The molecule has 0 fully saturated rings. The third-order valence-corrected chi connectivity index (χ3v) is 3.24. The van der Waals surface area contributed by atoms with Crippen LogP contribution in [0.5, 0.6) is 0 Å². The Morgan fingerprint density at radius 2 is 1.85 bits per heavy atom. The molecule has 100 valence electrons. The van der Waals surface area contributed by atoms with Gasteiger partial charge in [-0.05, 0) is 42.5 Å². The predicted octanol–water partition coefficient (Wildman–Crippen LogP) is 3.56. The van der Waals surface area contributed by atoms with Gasteiger partial charge >= 0.3 is 5.97 Å². The SMILES string of the molecule is COC(=O)c1cccc2c1ccn2-c1ccc(F)cc1. The van der Waals surface area contributed by atoms with E-state index in [2.05, 4.69) is 0 Å². The van der Waals surface area contributed by atoms with Crippen LogP contribution in [-0.4, -0.2) is 17.6 Å². The maximum atomic E-state index is 13.0. The number of hydrogen-bond donors (Lipinski definition) is 0. The smallest absolute Gasteiger partial charge is 0.338 e. The van der Waals surface area contributed by atoms with Crippen LogP contribution in [0.2, 0.25) is 0 Å². The molecule has 0 atom stereocenters. The largest absolute Gasteiger partial charge is 0.465 e. The lowest BCUT2D eigenvalue weighted by atomic mass is 10.1. The van der Waals surface area contributed by atoms with Gasteiger partial charge in [0.25, 0.3) is 0 Å². The Morgan fingerprint density at radius 3 is 2.55 bits per heavy atom. The first-order valence-corrected chi connectivity index (χ1v) is 6.15. The summed E-state index contributed by atoms with van der Waals surface area (Å²) in [4.78, 5) is 11.7. The van der Waals surface area contributed by atoms with Crippen LogP contribution < -0.4 is 0 Å². The molecule has 1 aromatic heterocycles. The van der Waals surface area contributed by atoms with Gasteiger partial charge in [0.15, 0.2) is 0 Å². The van der Waals surface area contributed by atoms with E-state index in [1.807, 2.05) is 22.9 Å². The maximum absolute atomic E-state index is 13.0. The van der Waals surface area contributed by atoms with Crippen molar-refractivity contribution < 1.29 is 13.9 Å². The highest BCUT2D eigenvalue weighted by molar-refractivity contribution is 6.04. The molecule has 0 aliphatic carbocycles. The summed E-state index contributed by atoms with van der Waals surface area (Å²) in [5.74, 6) is -0.645.